The van der Waals surface area contributed by atoms with Gasteiger partial charge in [-0.25, -0.2) is 0 Å². The van der Waals surface area contributed by atoms with Crippen LogP contribution in [0.4, 0.5) is 0 Å². The monoisotopic (exact) mass is 354 g/mol. The summed E-state index contributed by atoms with van der Waals surface area (Å²) in [5, 5.41) is 3.53. The van der Waals surface area contributed by atoms with Crippen LogP contribution in [0.2, 0.25) is 0 Å². The molecule has 0 unspecified atom stereocenters. The number of guanidine groups is 1. The molecule has 2 aliphatic heterocycles. The van der Waals surface area contributed by atoms with Crippen molar-refractivity contribution in [3.8, 4) is 0 Å². The van der Waals surface area contributed by atoms with E-state index in [0.717, 1.165) is 64.7 Å². The van der Waals surface area contributed by atoms with Crippen LogP contribution in [0.3, 0.4) is 0 Å². The molecule has 6 nitrogen and oxygen atoms in total. The van der Waals surface area contributed by atoms with Gasteiger partial charge in [-0.05, 0) is 47.5 Å². The van der Waals surface area contributed by atoms with Crippen LogP contribution in [0, 0.1) is 0 Å². The Kier molecular flexibility index (Phi) is 7.11. The van der Waals surface area contributed by atoms with E-state index in [-0.39, 0.29) is 11.2 Å². The molecular weight excluding hydrogens is 316 g/mol. The second kappa shape index (κ2) is 8.69. The maximum absolute atomic E-state index is 6.11. The number of aliphatic imine (C=N–C) groups is 1. The molecule has 1 N–H and O–H groups in total. The van der Waals surface area contributed by atoms with E-state index in [2.05, 4.69) is 54.7 Å². The van der Waals surface area contributed by atoms with Crippen molar-refractivity contribution in [2.45, 2.75) is 64.8 Å². The third kappa shape index (κ3) is 7.12. The van der Waals surface area contributed by atoms with Crippen molar-refractivity contribution in [3.63, 3.8) is 0 Å². The topological polar surface area (TPSA) is 49.3 Å². The molecule has 2 aliphatic rings. The Morgan fingerprint density at radius 1 is 1.24 bits per heavy atom. The summed E-state index contributed by atoms with van der Waals surface area (Å²) in [4.78, 5) is 9.29. The number of likely N-dealkylation sites (tertiary alicyclic amines) is 1. The minimum absolute atomic E-state index is 0.0329. The van der Waals surface area contributed by atoms with Gasteiger partial charge in [-0.2, -0.15) is 0 Å². The minimum atomic E-state index is -0.0568. The molecule has 146 valence electrons. The third-order valence-electron chi connectivity index (χ3n) is 4.69. The molecule has 0 saturated carbocycles. The maximum Gasteiger partial charge on any atom is 0.193 e. The summed E-state index contributed by atoms with van der Waals surface area (Å²) in [6.45, 7) is 17.5. The number of hydrogen-bond donors (Lipinski definition) is 1. The van der Waals surface area contributed by atoms with Crippen LogP contribution >= 0.6 is 0 Å². The smallest absolute Gasteiger partial charge is 0.193 e. The van der Waals surface area contributed by atoms with Crippen molar-refractivity contribution in [2.24, 2.45) is 4.99 Å². The second-order valence-electron chi connectivity index (χ2n) is 8.77. The highest BCUT2D eigenvalue weighted by Crippen LogP contribution is 2.20. The van der Waals surface area contributed by atoms with E-state index in [4.69, 9.17) is 9.47 Å². The molecule has 6 heteroatoms. The predicted molar refractivity (Wildman–Crippen MR) is 103 cm³/mol. The Balaban J connectivity index is 1.71. The molecular formula is C19H38N4O2. The Bertz CT molecular complexity index is 437. The molecule has 0 atom stereocenters. The van der Waals surface area contributed by atoms with Crippen molar-refractivity contribution in [3.05, 3.63) is 0 Å². The molecule has 2 rings (SSSR count). The molecule has 2 saturated heterocycles. The molecule has 2 heterocycles. The first kappa shape index (κ1) is 20.5. The highest BCUT2D eigenvalue weighted by molar-refractivity contribution is 5.79. The number of morpholine rings is 1. The van der Waals surface area contributed by atoms with Gasteiger partial charge in [-0.15, -0.1) is 0 Å². The fourth-order valence-electron chi connectivity index (χ4n) is 3.65. The van der Waals surface area contributed by atoms with Gasteiger partial charge in [0.2, 0.25) is 0 Å². The fraction of sp³-hybridized carbons (Fsp3) is 0.947. The summed E-state index contributed by atoms with van der Waals surface area (Å²) >= 11 is 0. The van der Waals surface area contributed by atoms with E-state index in [1.807, 2.05) is 7.05 Å². The van der Waals surface area contributed by atoms with Gasteiger partial charge in [0.15, 0.2) is 5.96 Å². The lowest BCUT2D eigenvalue weighted by Gasteiger charge is -2.39. The summed E-state index contributed by atoms with van der Waals surface area (Å²) in [6.07, 6.45) is 2.50. The standard InChI is InChI=1S/C19H38N4O2/c1-18(2,3)25-16-7-10-23(11-8-16)17(20-6)21-9-12-22-13-14-24-19(4,5)15-22/h16H,7-15H2,1-6H3,(H,20,21). The maximum atomic E-state index is 6.11. The van der Waals surface area contributed by atoms with E-state index >= 15 is 0 Å². The molecule has 2 fully saturated rings. The van der Waals surface area contributed by atoms with E-state index in [1.54, 1.807) is 0 Å². The van der Waals surface area contributed by atoms with Crippen LogP contribution in [-0.2, 0) is 9.47 Å². The molecule has 0 bridgehead atoms. The number of nitrogens with one attached hydrogen (secondary N) is 1. The van der Waals surface area contributed by atoms with Crippen molar-refractivity contribution >= 4 is 5.96 Å². The van der Waals surface area contributed by atoms with Crippen molar-refractivity contribution in [2.75, 3.05) is 52.9 Å². The van der Waals surface area contributed by atoms with E-state index in [9.17, 15) is 0 Å². The molecule has 0 aliphatic carbocycles. The van der Waals surface area contributed by atoms with Crippen LogP contribution < -0.4 is 5.32 Å². The molecule has 0 amide bonds. The Labute approximate surface area is 153 Å². The summed E-state index contributed by atoms with van der Waals surface area (Å²) in [6, 6.07) is 0. The number of ether oxygens (including phenoxy) is 2. The fourth-order valence-corrected chi connectivity index (χ4v) is 3.65. The highest BCUT2D eigenvalue weighted by Gasteiger charge is 2.27. The van der Waals surface area contributed by atoms with Gasteiger partial charge in [-0.1, -0.05) is 0 Å². The Morgan fingerprint density at radius 3 is 2.48 bits per heavy atom. The molecule has 0 aromatic heterocycles. The molecule has 0 aromatic rings. The van der Waals surface area contributed by atoms with Crippen LogP contribution in [-0.4, -0.2) is 86.0 Å². The van der Waals surface area contributed by atoms with Crippen molar-refractivity contribution in [1.29, 1.82) is 0 Å². The van der Waals surface area contributed by atoms with E-state index in [1.165, 1.54) is 0 Å². The number of hydrogen-bond acceptors (Lipinski definition) is 4. The molecule has 0 radical (unpaired) electrons. The van der Waals surface area contributed by atoms with Gasteiger partial charge in [0.25, 0.3) is 0 Å². The molecule has 0 aromatic carbocycles. The first-order valence-electron chi connectivity index (χ1n) is 9.68. The average molecular weight is 355 g/mol. The summed E-state index contributed by atoms with van der Waals surface area (Å²) in [7, 11) is 1.87. The lowest BCUT2D eigenvalue weighted by atomic mass is 10.1. The first-order valence-corrected chi connectivity index (χ1v) is 9.68. The van der Waals surface area contributed by atoms with E-state index < -0.39 is 0 Å². The zero-order valence-electron chi connectivity index (χ0n) is 17.1. The zero-order valence-corrected chi connectivity index (χ0v) is 17.1. The number of rotatable bonds is 4. The predicted octanol–water partition coefficient (Wildman–Crippen LogP) is 1.95. The van der Waals surface area contributed by atoms with Crippen molar-refractivity contribution < 1.29 is 9.47 Å². The summed E-state index contributed by atoms with van der Waals surface area (Å²) in [5.41, 5.74) is -0.0897. The Hall–Kier alpha value is -0.850. The van der Waals surface area contributed by atoms with Crippen LogP contribution in [0.25, 0.3) is 0 Å². The van der Waals surface area contributed by atoms with Crippen LogP contribution in [0.5, 0.6) is 0 Å². The van der Waals surface area contributed by atoms with Gasteiger partial charge < -0.3 is 19.7 Å². The molecule has 25 heavy (non-hydrogen) atoms. The van der Waals surface area contributed by atoms with Crippen LogP contribution in [0.1, 0.15) is 47.5 Å². The third-order valence-corrected chi connectivity index (χ3v) is 4.69. The molecule has 0 spiro atoms. The normalized spacial score (nSPS) is 23.8. The average Bonchev–Trinajstić information content (AvgIpc) is 2.50. The minimum Gasteiger partial charge on any atom is -0.373 e. The quantitative estimate of drug-likeness (QED) is 0.618. The van der Waals surface area contributed by atoms with Gasteiger partial charge in [0.05, 0.1) is 23.9 Å². The van der Waals surface area contributed by atoms with Crippen LogP contribution in [0.15, 0.2) is 4.99 Å². The lowest BCUT2D eigenvalue weighted by Crippen LogP contribution is -2.52. The zero-order chi connectivity index (χ0) is 18.5. The summed E-state index contributed by atoms with van der Waals surface area (Å²) < 4.78 is 11.9. The largest absolute Gasteiger partial charge is 0.373 e. The van der Waals surface area contributed by atoms with Gasteiger partial charge in [0.1, 0.15) is 0 Å². The number of piperidine rings is 1. The lowest BCUT2D eigenvalue weighted by molar-refractivity contribution is -0.0852. The van der Waals surface area contributed by atoms with Gasteiger partial charge in [-0.3, -0.25) is 9.89 Å². The van der Waals surface area contributed by atoms with Gasteiger partial charge >= 0.3 is 0 Å². The number of nitrogens with zero attached hydrogens (tertiary/aromatic N) is 3. The SMILES string of the molecule is CN=C(NCCN1CCOC(C)(C)C1)N1CCC(OC(C)(C)C)CC1. The Morgan fingerprint density at radius 2 is 1.92 bits per heavy atom. The van der Waals surface area contributed by atoms with Crippen molar-refractivity contribution in [1.82, 2.24) is 15.1 Å². The second-order valence-corrected chi connectivity index (χ2v) is 8.77. The van der Waals surface area contributed by atoms with Gasteiger partial charge in [0, 0.05) is 46.3 Å². The van der Waals surface area contributed by atoms with E-state index in [0.29, 0.717) is 6.10 Å². The first-order chi connectivity index (χ1) is 11.7. The summed E-state index contributed by atoms with van der Waals surface area (Å²) in [5.74, 6) is 1.02. The highest BCUT2D eigenvalue weighted by atomic mass is 16.5.